The number of nitrogens with two attached hydrogens (primary N) is 1. The van der Waals surface area contributed by atoms with E-state index in [4.69, 9.17) is 5.73 Å². The number of anilines is 2. The zero-order valence-electron chi connectivity index (χ0n) is 11.5. The Kier molecular flexibility index (Phi) is 4.18. The van der Waals surface area contributed by atoms with Crippen LogP contribution in [0.5, 0.6) is 0 Å². The minimum absolute atomic E-state index is 0.0385. The minimum Gasteiger partial charge on any atom is -0.383 e. The number of hydrogen-bond donors (Lipinski definition) is 1. The summed E-state index contributed by atoms with van der Waals surface area (Å²) in [6.07, 6.45) is 4.49. The first kappa shape index (κ1) is 14.7. The number of nitriles is 1. The number of piperidine rings is 1. The number of sulfone groups is 1. The lowest BCUT2D eigenvalue weighted by Gasteiger charge is -2.26. The zero-order valence-corrected chi connectivity index (χ0v) is 12.4. The molecule has 0 unspecified atom stereocenters. The molecule has 2 N–H and O–H groups in total. The van der Waals surface area contributed by atoms with Crippen molar-refractivity contribution in [1.82, 2.24) is 9.78 Å². The van der Waals surface area contributed by atoms with Crippen molar-refractivity contribution in [3.63, 3.8) is 0 Å². The van der Waals surface area contributed by atoms with Crippen LogP contribution >= 0.6 is 0 Å². The predicted molar refractivity (Wildman–Crippen MR) is 77.1 cm³/mol. The van der Waals surface area contributed by atoms with Crippen molar-refractivity contribution in [3.05, 3.63) is 5.56 Å². The van der Waals surface area contributed by atoms with Crippen molar-refractivity contribution >= 4 is 21.5 Å². The van der Waals surface area contributed by atoms with Gasteiger partial charge in [0.25, 0.3) is 0 Å². The molecule has 2 rings (SSSR count). The zero-order chi connectivity index (χ0) is 14.8. The van der Waals surface area contributed by atoms with E-state index in [1.165, 1.54) is 17.4 Å². The first-order chi connectivity index (χ1) is 9.42. The molecule has 0 bridgehead atoms. The molecule has 0 radical (unpaired) electrons. The van der Waals surface area contributed by atoms with E-state index < -0.39 is 9.84 Å². The van der Waals surface area contributed by atoms with Crippen LogP contribution in [-0.4, -0.2) is 43.3 Å². The molecule has 20 heavy (non-hydrogen) atoms. The second-order valence-corrected chi connectivity index (χ2v) is 7.36. The summed E-state index contributed by atoms with van der Waals surface area (Å²) in [5.74, 6) is 0.790. The predicted octanol–water partition coefficient (Wildman–Crippen LogP) is 0.372. The van der Waals surface area contributed by atoms with Crippen LogP contribution in [0.1, 0.15) is 24.8 Å². The topological polar surface area (TPSA) is 105 Å². The molecule has 1 aliphatic rings. The fourth-order valence-corrected chi connectivity index (χ4v) is 2.82. The lowest BCUT2D eigenvalue weighted by atomic mass is 10.1. The quantitative estimate of drug-likeness (QED) is 0.861. The Labute approximate surface area is 118 Å². The Morgan fingerprint density at radius 2 is 2.00 bits per heavy atom. The molecule has 110 valence electrons. The number of hydrogen-bond acceptors (Lipinski definition) is 6. The van der Waals surface area contributed by atoms with Gasteiger partial charge in [-0.15, -0.1) is 0 Å². The summed E-state index contributed by atoms with van der Waals surface area (Å²) >= 11 is 0. The largest absolute Gasteiger partial charge is 0.383 e. The van der Waals surface area contributed by atoms with Crippen molar-refractivity contribution in [3.8, 4) is 6.07 Å². The molecule has 8 heteroatoms. The lowest BCUT2D eigenvalue weighted by Crippen LogP contribution is -2.30. The summed E-state index contributed by atoms with van der Waals surface area (Å²) in [6.45, 7) is 1.89. The van der Waals surface area contributed by atoms with Gasteiger partial charge in [-0.1, -0.05) is 0 Å². The monoisotopic (exact) mass is 297 g/mol. The maximum absolute atomic E-state index is 11.2. The molecular formula is C12H19N5O2S. The second-order valence-electron chi connectivity index (χ2n) is 5.10. The van der Waals surface area contributed by atoms with E-state index in [0.29, 0.717) is 11.4 Å². The summed E-state index contributed by atoms with van der Waals surface area (Å²) < 4.78 is 23.9. The highest BCUT2D eigenvalue weighted by molar-refractivity contribution is 7.90. The van der Waals surface area contributed by atoms with Gasteiger partial charge in [0.15, 0.2) is 5.82 Å². The third-order valence-corrected chi connectivity index (χ3v) is 4.34. The van der Waals surface area contributed by atoms with Crippen LogP contribution in [0.25, 0.3) is 0 Å². The van der Waals surface area contributed by atoms with E-state index in [1.54, 1.807) is 0 Å². The summed E-state index contributed by atoms with van der Waals surface area (Å²) in [4.78, 5) is 2.05. The number of aromatic nitrogens is 2. The summed E-state index contributed by atoms with van der Waals surface area (Å²) in [5, 5.41) is 13.6. The van der Waals surface area contributed by atoms with Gasteiger partial charge in [0, 0.05) is 19.3 Å². The second kappa shape index (κ2) is 5.71. The Hall–Kier alpha value is -1.75. The molecule has 1 aromatic heterocycles. The van der Waals surface area contributed by atoms with Crippen LogP contribution < -0.4 is 10.6 Å². The van der Waals surface area contributed by atoms with Crippen LogP contribution in [0.4, 0.5) is 11.6 Å². The van der Waals surface area contributed by atoms with Gasteiger partial charge < -0.3 is 10.6 Å². The smallest absolute Gasteiger partial charge is 0.170 e. The highest BCUT2D eigenvalue weighted by atomic mass is 32.2. The molecule has 1 aliphatic heterocycles. The Morgan fingerprint density at radius 1 is 1.35 bits per heavy atom. The van der Waals surface area contributed by atoms with Crippen molar-refractivity contribution < 1.29 is 8.42 Å². The normalized spacial score (nSPS) is 16.1. The van der Waals surface area contributed by atoms with Crippen LogP contribution in [0.15, 0.2) is 0 Å². The number of nitrogens with zero attached hydrogens (tertiary/aromatic N) is 4. The molecule has 0 atom stereocenters. The van der Waals surface area contributed by atoms with Crippen molar-refractivity contribution in [2.75, 3.05) is 35.7 Å². The molecule has 0 amide bonds. The summed E-state index contributed by atoms with van der Waals surface area (Å²) in [6, 6.07) is 2.08. The van der Waals surface area contributed by atoms with Gasteiger partial charge in [0.05, 0.1) is 12.3 Å². The van der Waals surface area contributed by atoms with Gasteiger partial charge in [0.2, 0.25) is 0 Å². The highest BCUT2D eigenvalue weighted by Crippen LogP contribution is 2.26. The average molecular weight is 297 g/mol. The fraction of sp³-hybridized carbons (Fsp3) is 0.667. The maximum Gasteiger partial charge on any atom is 0.170 e. The molecule has 7 nitrogen and oxygen atoms in total. The molecular weight excluding hydrogens is 278 g/mol. The van der Waals surface area contributed by atoms with Gasteiger partial charge in [-0.25, -0.2) is 13.1 Å². The summed E-state index contributed by atoms with van der Waals surface area (Å²) in [5.41, 5.74) is 6.25. The minimum atomic E-state index is -3.09. The Balaban J connectivity index is 2.26. The third kappa shape index (κ3) is 3.22. The number of aryl methyl sites for hydroxylation is 1. The van der Waals surface area contributed by atoms with E-state index in [0.717, 1.165) is 25.9 Å². The van der Waals surface area contributed by atoms with Crippen LogP contribution in [0.3, 0.4) is 0 Å². The molecule has 0 saturated carbocycles. The van der Waals surface area contributed by atoms with Crippen LogP contribution in [-0.2, 0) is 16.4 Å². The first-order valence-electron chi connectivity index (χ1n) is 6.61. The van der Waals surface area contributed by atoms with Crippen LogP contribution in [0, 0.1) is 11.3 Å². The van der Waals surface area contributed by atoms with E-state index in [9.17, 15) is 13.7 Å². The Morgan fingerprint density at radius 3 is 2.55 bits per heavy atom. The number of rotatable bonds is 4. The maximum atomic E-state index is 11.2. The van der Waals surface area contributed by atoms with Gasteiger partial charge in [-0.3, -0.25) is 0 Å². The van der Waals surface area contributed by atoms with E-state index in [1.807, 2.05) is 0 Å². The SMILES string of the molecule is CS(=O)(=O)CCn1nc(N2CCCCC2)c(C#N)c1N. The lowest BCUT2D eigenvalue weighted by molar-refractivity contribution is 0.563. The fourth-order valence-electron chi connectivity index (χ4n) is 2.32. The Bertz CT molecular complexity index is 623. The van der Waals surface area contributed by atoms with Crippen molar-refractivity contribution in [1.29, 1.82) is 5.26 Å². The molecule has 0 spiro atoms. The number of nitrogen functional groups attached to an aromatic ring is 1. The van der Waals surface area contributed by atoms with Gasteiger partial charge >= 0.3 is 0 Å². The van der Waals surface area contributed by atoms with Crippen molar-refractivity contribution in [2.24, 2.45) is 0 Å². The average Bonchev–Trinajstić information content (AvgIpc) is 2.73. The van der Waals surface area contributed by atoms with Gasteiger partial charge in [0.1, 0.15) is 27.3 Å². The molecule has 1 saturated heterocycles. The molecule has 1 aromatic rings. The van der Waals surface area contributed by atoms with E-state index in [2.05, 4.69) is 16.1 Å². The molecule has 1 fully saturated rings. The highest BCUT2D eigenvalue weighted by Gasteiger charge is 2.22. The third-order valence-electron chi connectivity index (χ3n) is 3.41. The molecule has 0 aromatic carbocycles. The van der Waals surface area contributed by atoms with E-state index in [-0.39, 0.29) is 18.1 Å². The molecule has 2 heterocycles. The van der Waals surface area contributed by atoms with Crippen molar-refractivity contribution in [2.45, 2.75) is 25.8 Å². The van der Waals surface area contributed by atoms with Gasteiger partial charge in [-0.05, 0) is 19.3 Å². The van der Waals surface area contributed by atoms with Crippen LogP contribution in [0.2, 0.25) is 0 Å². The summed E-state index contributed by atoms with van der Waals surface area (Å²) in [7, 11) is -3.09. The first-order valence-corrected chi connectivity index (χ1v) is 8.67. The standard InChI is InChI=1S/C12H19N5O2S/c1-20(18,19)8-7-17-11(14)10(9-13)12(15-17)16-5-3-2-4-6-16/h2-8,14H2,1H3. The van der Waals surface area contributed by atoms with E-state index >= 15 is 0 Å². The van der Waals surface area contributed by atoms with Gasteiger partial charge in [-0.2, -0.15) is 10.4 Å². The molecule has 0 aliphatic carbocycles.